The number of amides is 1. The Morgan fingerprint density at radius 2 is 1.82 bits per heavy atom. The Hall–Kier alpha value is -2.18. The molecule has 0 spiro atoms. The third-order valence-electron chi connectivity index (χ3n) is 9.76. The van der Waals surface area contributed by atoms with Crippen LogP contribution in [-0.4, -0.2) is 23.9 Å². The number of carbonyl (C=O) groups is 2. The minimum atomic E-state index is -4.36. The number of hydrogen-bond donors (Lipinski definition) is 1. The number of hydrogen-bond acceptors (Lipinski definition) is 3. The number of ketones is 1. The summed E-state index contributed by atoms with van der Waals surface area (Å²) in [4.78, 5) is 30.2. The first-order chi connectivity index (χ1) is 16.0. The van der Waals surface area contributed by atoms with Gasteiger partial charge >= 0.3 is 6.18 Å². The van der Waals surface area contributed by atoms with E-state index < -0.39 is 11.7 Å². The minimum absolute atomic E-state index is 0.0119. The molecule has 1 aromatic rings. The lowest BCUT2D eigenvalue weighted by molar-refractivity contribution is -0.137. The zero-order valence-electron chi connectivity index (χ0n) is 19.9. The number of Topliss-reactive ketones (excluding diaryl/α,β-unsaturated/α-hetero) is 1. The van der Waals surface area contributed by atoms with Gasteiger partial charge in [-0.3, -0.25) is 14.6 Å². The van der Waals surface area contributed by atoms with Crippen molar-refractivity contribution in [2.24, 2.45) is 39.5 Å². The van der Waals surface area contributed by atoms with Gasteiger partial charge in [-0.15, -0.1) is 0 Å². The van der Waals surface area contributed by atoms with Gasteiger partial charge < -0.3 is 5.32 Å². The zero-order valence-corrected chi connectivity index (χ0v) is 19.9. The predicted octanol–water partition coefficient (Wildman–Crippen LogP) is 5.59. The van der Waals surface area contributed by atoms with Gasteiger partial charge in [0.25, 0.3) is 0 Å². The summed E-state index contributed by atoms with van der Waals surface area (Å²) in [6, 6.07) is 4.99. The quantitative estimate of drug-likeness (QED) is 0.621. The topological polar surface area (TPSA) is 58.5 Å². The van der Waals surface area contributed by atoms with E-state index in [-0.39, 0.29) is 29.2 Å². The number of rotatable bonds is 3. The molecule has 4 aliphatic rings. The van der Waals surface area contributed by atoms with Gasteiger partial charge in [-0.1, -0.05) is 26.0 Å². The standard InChI is InChI=1S/C27H33F3N2O2/c1-25-12-10-21-19(15-31-23-13-18(33)9-11-26(21,23)2)20(25)7-8-22(25)24(34)32-14-16-3-5-17(6-4-16)27(28,29)30/h3-6,19-22H,7-15H2,1-2H3,(H,32,34)/t19-,20-,21-,22+,25-,26+/m0/s1. The number of carbonyl (C=O) groups excluding carboxylic acids is 2. The normalized spacial score (nSPS) is 37.3. The van der Waals surface area contributed by atoms with Gasteiger partial charge in [-0.25, -0.2) is 0 Å². The summed E-state index contributed by atoms with van der Waals surface area (Å²) in [5.41, 5.74) is 1.02. The Morgan fingerprint density at radius 3 is 2.53 bits per heavy atom. The smallest absolute Gasteiger partial charge is 0.352 e. The third kappa shape index (κ3) is 3.79. The van der Waals surface area contributed by atoms with E-state index in [0.29, 0.717) is 41.9 Å². The van der Waals surface area contributed by atoms with E-state index in [0.717, 1.165) is 56.5 Å². The van der Waals surface area contributed by atoms with Gasteiger partial charge in [0, 0.05) is 43.0 Å². The van der Waals surface area contributed by atoms with Crippen molar-refractivity contribution in [3.8, 4) is 0 Å². The number of nitrogens with zero attached hydrogens (tertiary/aromatic N) is 1. The van der Waals surface area contributed by atoms with Crippen LogP contribution in [0.3, 0.4) is 0 Å². The molecular weight excluding hydrogens is 441 g/mol. The fourth-order valence-electron chi connectivity index (χ4n) is 7.76. The second-order valence-electron chi connectivity index (χ2n) is 11.4. The average molecular weight is 475 g/mol. The molecule has 0 radical (unpaired) electrons. The van der Waals surface area contributed by atoms with E-state index in [1.165, 1.54) is 12.1 Å². The summed E-state index contributed by atoms with van der Waals surface area (Å²) in [6.07, 6.45) is 1.60. The van der Waals surface area contributed by atoms with Gasteiger partial charge in [0.05, 0.1) is 5.56 Å². The molecule has 34 heavy (non-hydrogen) atoms. The van der Waals surface area contributed by atoms with Crippen LogP contribution in [0.15, 0.2) is 29.3 Å². The summed E-state index contributed by atoms with van der Waals surface area (Å²) in [7, 11) is 0. The van der Waals surface area contributed by atoms with Gasteiger partial charge in [-0.05, 0) is 73.0 Å². The summed E-state index contributed by atoms with van der Waals surface area (Å²) < 4.78 is 38.4. The van der Waals surface area contributed by atoms with Gasteiger partial charge in [0.15, 0.2) is 0 Å². The van der Waals surface area contributed by atoms with Gasteiger partial charge in [-0.2, -0.15) is 13.2 Å². The van der Waals surface area contributed by atoms with Crippen molar-refractivity contribution in [2.75, 3.05) is 6.54 Å². The fraction of sp³-hybridized carbons (Fsp3) is 0.667. The van der Waals surface area contributed by atoms with Crippen LogP contribution in [0.5, 0.6) is 0 Å². The molecule has 0 saturated heterocycles. The number of nitrogens with one attached hydrogen (secondary N) is 1. The van der Waals surface area contributed by atoms with E-state index >= 15 is 0 Å². The molecule has 5 rings (SSSR count). The molecule has 7 heteroatoms. The fourth-order valence-corrected chi connectivity index (χ4v) is 7.76. The highest BCUT2D eigenvalue weighted by molar-refractivity contribution is 6.07. The van der Waals surface area contributed by atoms with Crippen LogP contribution in [0.4, 0.5) is 13.2 Å². The van der Waals surface area contributed by atoms with Crippen molar-refractivity contribution in [2.45, 2.75) is 71.5 Å². The van der Waals surface area contributed by atoms with Crippen molar-refractivity contribution in [3.05, 3.63) is 35.4 Å². The molecule has 1 N–H and O–H groups in total. The molecule has 4 nitrogen and oxygen atoms in total. The first-order valence-corrected chi connectivity index (χ1v) is 12.5. The van der Waals surface area contributed by atoms with Crippen molar-refractivity contribution < 1.29 is 22.8 Å². The SMILES string of the molecule is C[C@]12CC[C@H]3[C@@H](CN=C4CC(=O)CC[C@@]43C)[C@@H]1CC[C@@H]2C(=O)NCc1ccc(C(F)(F)F)cc1. The number of fused-ring (bicyclic) bond motifs is 5. The largest absolute Gasteiger partial charge is 0.416 e. The minimum Gasteiger partial charge on any atom is -0.352 e. The van der Waals surface area contributed by atoms with Gasteiger partial charge in [0.2, 0.25) is 5.91 Å². The molecule has 3 fully saturated rings. The molecule has 6 atom stereocenters. The lowest BCUT2D eigenvalue weighted by Crippen LogP contribution is -2.55. The highest BCUT2D eigenvalue weighted by atomic mass is 19.4. The Kier molecular flexibility index (Phi) is 5.68. The number of aliphatic imine (C=N–C) groups is 1. The summed E-state index contributed by atoms with van der Waals surface area (Å²) in [5, 5.41) is 3.00. The molecule has 1 aliphatic heterocycles. The maximum atomic E-state index is 13.2. The van der Waals surface area contributed by atoms with E-state index in [1.807, 2.05) is 0 Å². The molecule has 1 amide bonds. The Labute approximate surface area is 198 Å². The molecule has 0 bridgehead atoms. The van der Waals surface area contributed by atoms with E-state index in [9.17, 15) is 22.8 Å². The van der Waals surface area contributed by atoms with Crippen LogP contribution in [0.25, 0.3) is 0 Å². The van der Waals surface area contributed by atoms with Crippen molar-refractivity contribution in [1.29, 1.82) is 0 Å². The van der Waals surface area contributed by atoms with Crippen LogP contribution in [0.1, 0.15) is 69.9 Å². The highest BCUT2D eigenvalue weighted by Gasteiger charge is 2.60. The lowest BCUT2D eigenvalue weighted by atomic mass is 9.49. The van der Waals surface area contributed by atoms with Crippen LogP contribution in [0.2, 0.25) is 0 Å². The third-order valence-corrected chi connectivity index (χ3v) is 9.76. The molecule has 0 aromatic heterocycles. The van der Waals surface area contributed by atoms with E-state index in [1.54, 1.807) is 0 Å². The summed E-state index contributed by atoms with van der Waals surface area (Å²) in [5.74, 6) is 1.65. The zero-order chi connectivity index (χ0) is 24.3. The first kappa shape index (κ1) is 23.6. The summed E-state index contributed by atoms with van der Waals surface area (Å²) in [6.45, 7) is 5.57. The number of alkyl halides is 3. The molecule has 0 unspecified atom stereocenters. The maximum absolute atomic E-state index is 13.2. The van der Waals surface area contributed by atoms with Crippen LogP contribution < -0.4 is 5.32 Å². The second kappa shape index (κ2) is 8.20. The molecule has 184 valence electrons. The van der Waals surface area contributed by atoms with Crippen LogP contribution >= 0.6 is 0 Å². The van der Waals surface area contributed by atoms with Gasteiger partial charge in [0.1, 0.15) is 5.78 Å². The molecule has 1 aromatic carbocycles. The molecule has 1 heterocycles. The number of benzene rings is 1. The Morgan fingerprint density at radius 1 is 1.09 bits per heavy atom. The monoisotopic (exact) mass is 474 g/mol. The first-order valence-electron chi connectivity index (χ1n) is 12.5. The van der Waals surface area contributed by atoms with Crippen molar-refractivity contribution in [3.63, 3.8) is 0 Å². The Balaban J connectivity index is 1.27. The molecular formula is C27H33F3N2O2. The second-order valence-corrected chi connectivity index (χ2v) is 11.4. The van der Waals surface area contributed by atoms with Crippen molar-refractivity contribution in [1.82, 2.24) is 5.32 Å². The highest BCUT2D eigenvalue weighted by Crippen LogP contribution is 2.63. The average Bonchev–Trinajstić information content (AvgIpc) is 3.15. The lowest BCUT2D eigenvalue weighted by Gasteiger charge is -2.56. The van der Waals surface area contributed by atoms with Crippen LogP contribution in [0, 0.1) is 34.5 Å². The number of halogens is 3. The van der Waals surface area contributed by atoms with E-state index in [4.69, 9.17) is 4.99 Å². The van der Waals surface area contributed by atoms with E-state index in [2.05, 4.69) is 19.2 Å². The van der Waals surface area contributed by atoms with Crippen LogP contribution in [-0.2, 0) is 22.3 Å². The maximum Gasteiger partial charge on any atom is 0.416 e. The predicted molar refractivity (Wildman–Crippen MR) is 123 cm³/mol. The molecule has 3 saturated carbocycles. The molecule has 3 aliphatic carbocycles. The Bertz CT molecular complexity index is 1020. The summed E-state index contributed by atoms with van der Waals surface area (Å²) >= 11 is 0. The van der Waals surface area contributed by atoms with Crippen molar-refractivity contribution >= 4 is 17.4 Å².